The second-order valence-electron chi connectivity index (χ2n) is 4.55. The SMILES string of the molecule is c1cc2c(cc1CNC1CCCC1)OCO2. The van der Waals surface area contributed by atoms with E-state index in [1.54, 1.807) is 0 Å². The molecule has 0 bridgehead atoms. The average molecular weight is 219 g/mol. The third-order valence-electron chi connectivity index (χ3n) is 3.39. The van der Waals surface area contributed by atoms with E-state index >= 15 is 0 Å². The van der Waals surface area contributed by atoms with Gasteiger partial charge in [-0.2, -0.15) is 0 Å². The summed E-state index contributed by atoms with van der Waals surface area (Å²) >= 11 is 0. The summed E-state index contributed by atoms with van der Waals surface area (Å²) in [5.41, 5.74) is 1.27. The normalized spacial score (nSPS) is 19.2. The summed E-state index contributed by atoms with van der Waals surface area (Å²) in [7, 11) is 0. The first-order chi connectivity index (χ1) is 7.92. The van der Waals surface area contributed by atoms with E-state index < -0.39 is 0 Å². The monoisotopic (exact) mass is 219 g/mol. The molecule has 0 unspecified atom stereocenters. The van der Waals surface area contributed by atoms with Crippen molar-refractivity contribution in [1.29, 1.82) is 0 Å². The highest BCUT2D eigenvalue weighted by Crippen LogP contribution is 2.32. The predicted molar refractivity (Wildman–Crippen MR) is 61.7 cm³/mol. The van der Waals surface area contributed by atoms with Crippen molar-refractivity contribution in [1.82, 2.24) is 5.32 Å². The minimum absolute atomic E-state index is 0.356. The molecule has 1 N–H and O–H groups in total. The van der Waals surface area contributed by atoms with Crippen LogP contribution in [0.2, 0.25) is 0 Å². The number of benzene rings is 1. The number of fused-ring (bicyclic) bond motifs is 1. The van der Waals surface area contributed by atoms with Gasteiger partial charge in [-0.05, 0) is 30.5 Å². The molecule has 1 heterocycles. The van der Waals surface area contributed by atoms with Gasteiger partial charge in [0.15, 0.2) is 11.5 Å². The Morgan fingerprint density at radius 1 is 1.12 bits per heavy atom. The Morgan fingerprint density at radius 2 is 1.94 bits per heavy atom. The molecule has 0 aromatic heterocycles. The number of nitrogens with one attached hydrogen (secondary N) is 1. The van der Waals surface area contributed by atoms with Crippen molar-refractivity contribution in [3.8, 4) is 11.5 Å². The van der Waals surface area contributed by atoms with Crippen LogP contribution in [0.4, 0.5) is 0 Å². The van der Waals surface area contributed by atoms with Gasteiger partial charge in [0.2, 0.25) is 6.79 Å². The molecule has 1 aromatic rings. The standard InChI is InChI=1S/C13H17NO2/c1-2-4-11(3-1)14-8-10-5-6-12-13(7-10)16-9-15-12/h5-7,11,14H,1-4,8-9H2. The highest BCUT2D eigenvalue weighted by molar-refractivity contribution is 5.44. The van der Waals surface area contributed by atoms with Crippen molar-refractivity contribution < 1.29 is 9.47 Å². The first kappa shape index (κ1) is 9.97. The molecule has 0 saturated heterocycles. The molecule has 1 aromatic carbocycles. The van der Waals surface area contributed by atoms with Gasteiger partial charge in [-0.15, -0.1) is 0 Å². The maximum absolute atomic E-state index is 5.36. The number of rotatable bonds is 3. The largest absolute Gasteiger partial charge is 0.454 e. The summed E-state index contributed by atoms with van der Waals surface area (Å²) in [5, 5.41) is 3.59. The molecule has 3 rings (SSSR count). The van der Waals surface area contributed by atoms with Gasteiger partial charge in [-0.1, -0.05) is 18.9 Å². The maximum atomic E-state index is 5.36. The summed E-state index contributed by atoms with van der Waals surface area (Å²) in [5.74, 6) is 1.75. The molecular weight excluding hydrogens is 202 g/mol. The Labute approximate surface area is 95.8 Å². The molecule has 0 spiro atoms. The van der Waals surface area contributed by atoms with Crippen LogP contribution >= 0.6 is 0 Å². The second kappa shape index (κ2) is 4.34. The molecule has 0 amide bonds. The van der Waals surface area contributed by atoms with Gasteiger partial charge < -0.3 is 14.8 Å². The van der Waals surface area contributed by atoms with Crippen LogP contribution in [0.25, 0.3) is 0 Å². The molecule has 1 saturated carbocycles. The molecule has 16 heavy (non-hydrogen) atoms. The lowest BCUT2D eigenvalue weighted by Crippen LogP contribution is -2.25. The van der Waals surface area contributed by atoms with Crippen molar-refractivity contribution in [2.45, 2.75) is 38.3 Å². The Bertz CT molecular complexity index is 372. The molecule has 1 fully saturated rings. The summed E-state index contributed by atoms with van der Waals surface area (Å²) in [6.07, 6.45) is 5.40. The van der Waals surface area contributed by atoms with Crippen LogP contribution in [-0.2, 0) is 6.54 Å². The minimum atomic E-state index is 0.356. The van der Waals surface area contributed by atoms with Crippen LogP contribution in [0, 0.1) is 0 Å². The molecule has 3 nitrogen and oxygen atoms in total. The van der Waals surface area contributed by atoms with Gasteiger partial charge in [0.05, 0.1) is 0 Å². The maximum Gasteiger partial charge on any atom is 0.231 e. The van der Waals surface area contributed by atoms with E-state index in [9.17, 15) is 0 Å². The average Bonchev–Trinajstić information content (AvgIpc) is 2.97. The first-order valence-electron chi connectivity index (χ1n) is 6.04. The van der Waals surface area contributed by atoms with Crippen LogP contribution in [0.5, 0.6) is 11.5 Å². The van der Waals surface area contributed by atoms with E-state index in [0.29, 0.717) is 12.8 Å². The fourth-order valence-electron chi connectivity index (χ4n) is 2.44. The molecule has 0 radical (unpaired) electrons. The van der Waals surface area contributed by atoms with E-state index in [1.165, 1.54) is 31.2 Å². The summed E-state index contributed by atoms with van der Waals surface area (Å²) in [4.78, 5) is 0. The van der Waals surface area contributed by atoms with E-state index in [1.807, 2.05) is 6.07 Å². The summed E-state index contributed by atoms with van der Waals surface area (Å²) < 4.78 is 10.6. The van der Waals surface area contributed by atoms with Crippen LogP contribution in [0.15, 0.2) is 18.2 Å². The number of ether oxygens (including phenoxy) is 2. The highest BCUT2D eigenvalue weighted by Gasteiger charge is 2.16. The van der Waals surface area contributed by atoms with Gasteiger partial charge in [-0.3, -0.25) is 0 Å². The smallest absolute Gasteiger partial charge is 0.231 e. The van der Waals surface area contributed by atoms with E-state index in [2.05, 4.69) is 17.4 Å². The first-order valence-corrected chi connectivity index (χ1v) is 6.04. The van der Waals surface area contributed by atoms with Crippen LogP contribution in [0.3, 0.4) is 0 Å². The lowest BCUT2D eigenvalue weighted by Gasteiger charge is -2.11. The second-order valence-corrected chi connectivity index (χ2v) is 4.55. The summed E-state index contributed by atoms with van der Waals surface area (Å²) in [6.45, 7) is 1.29. The van der Waals surface area contributed by atoms with E-state index in [0.717, 1.165) is 18.0 Å². The van der Waals surface area contributed by atoms with Crippen LogP contribution in [-0.4, -0.2) is 12.8 Å². The van der Waals surface area contributed by atoms with Gasteiger partial charge in [-0.25, -0.2) is 0 Å². The summed E-state index contributed by atoms with van der Waals surface area (Å²) in [6, 6.07) is 6.89. The van der Waals surface area contributed by atoms with Crippen molar-refractivity contribution in [2.75, 3.05) is 6.79 Å². The fourth-order valence-corrected chi connectivity index (χ4v) is 2.44. The van der Waals surface area contributed by atoms with E-state index in [4.69, 9.17) is 9.47 Å². The molecule has 86 valence electrons. The number of hydrogen-bond donors (Lipinski definition) is 1. The highest BCUT2D eigenvalue weighted by atomic mass is 16.7. The lowest BCUT2D eigenvalue weighted by atomic mass is 10.2. The van der Waals surface area contributed by atoms with Crippen molar-refractivity contribution in [3.63, 3.8) is 0 Å². The Morgan fingerprint density at radius 3 is 2.81 bits per heavy atom. The lowest BCUT2D eigenvalue weighted by molar-refractivity contribution is 0.174. The van der Waals surface area contributed by atoms with Gasteiger partial charge in [0.1, 0.15) is 0 Å². The Balaban J connectivity index is 1.61. The Kier molecular flexibility index (Phi) is 2.70. The van der Waals surface area contributed by atoms with E-state index in [-0.39, 0.29) is 0 Å². The van der Waals surface area contributed by atoms with Crippen LogP contribution < -0.4 is 14.8 Å². The van der Waals surface area contributed by atoms with Crippen molar-refractivity contribution >= 4 is 0 Å². The predicted octanol–water partition coefficient (Wildman–Crippen LogP) is 2.45. The molecular formula is C13H17NO2. The van der Waals surface area contributed by atoms with Crippen LogP contribution in [0.1, 0.15) is 31.2 Å². The molecule has 2 aliphatic rings. The molecule has 3 heteroatoms. The van der Waals surface area contributed by atoms with Gasteiger partial charge in [0.25, 0.3) is 0 Å². The topological polar surface area (TPSA) is 30.5 Å². The molecule has 1 aliphatic heterocycles. The third kappa shape index (κ3) is 2.00. The minimum Gasteiger partial charge on any atom is -0.454 e. The Hall–Kier alpha value is -1.22. The van der Waals surface area contributed by atoms with Gasteiger partial charge >= 0.3 is 0 Å². The zero-order valence-corrected chi connectivity index (χ0v) is 9.37. The van der Waals surface area contributed by atoms with Crippen molar-refractivity contribution in [2.24, 2.45) is 0 Å². The molecule has 1 aliphatic carbocycles. The third-order valence-corrected chi connectivity index (χ3v) is 3.39. The zero-order chi connectivity index (χ0) is 10.8. The van der Waals surface area contributed by atoms with Crippen molar-refractivity contribution in [3.05, 3.63) is 23.8 Å². The number of hydrogen-bond acceptors (Lipinski definition) is 3. The quantitative estimate of drug-likeness (QED) is 0.847. The molecule has 0 atom stereocenters. The zero-order valence-electron chi connectivity index (χ0n) is 9.37. The fraction of sp³-hybridized carbons (Fsp3) is 0.538. The van der Waals surface area contributed by atoms with Gasteiger partial charge in [0, 0.05) is 12.6 Å².